The number of likely N-dealkylation sites (N-methyl/N-ethyl adjacent to an activating group) is 1. The van der Waals surface area contributed by atoms with Crippen LogP contribution < -0.4 is 10.9 Å². The van der Waals surface area contributed by atoms with Gasteiger partial charge in [-0.05, 0) is 66.3 Å². The number of carbonyl (C=O) groups excluding carboxylic acids is 1. The lowest BCUT2D eigenvalue weighted by molar-refractivity contribution is 0.0952. The number of pyridine rings is 1. The summed E-state index contributed by atoms with van der Waals surface area (Å²) in [6.45, 7) is 1.24. The first kappa shape index (κ1) is 20.8. The minimum Gasteiger partial charge on any atom is -0.351 e. The summed E-state index contributed by atoms with van der Waals surface area (Å²) >= 11 is 0. The van der Waals surface area contributed by atoms with E-state index in [4.69, 9.17) is 0 Å². The average molecular weight is 437 g/mol. The lowest BCUT2D eigenvalue weighted by Gasteiger charge is -2.12. The van der Waals surface area contributed by atoms with Gasteiger partial charge in [-0.15, -0.1) is 0 Å². The molecule has 0 saturated carbocycles. The molecule has 5 aromatic rings. The van der Waals surface area contributed by atoms with E-state index >= 15 is 0 Å². The van der Waals surface area contributed by atoms with Gasteiger partial charge in [0.15, 0.2) is 5.65 Å². The molecular weight excluding hydrogens is 412 g/mol. The van der Waals surface area contributed by atoms with Crippen molar-refractivity contribution in [3.8, 4) is 11.1 Å². The van der Waals surface area contributed by atoms with E-state index in [0.29, 0.717) is 28.7 Å². The van der Waals surface area contributed by atoms with Gasteiger partial charge in [-0.1, -0.05) is 42.5 Å². The van der Waals surface area contributed by atoms with Gasteiger partial charge in [0.1, 0.15) is 0 Å². The number of nitrogens with one attached hydrogen (secondary N) is 1. The standard InChI is InChI=1S/C27H24N4O2/c1-30(2)15-13-28-26(32)22-8-5-14-31-25(22)29-24-12-11-21(17-23(24)27(31)33)20-10-9-18-6-3-4-7-19(18)16-20/h3-12,14,16-17H,13,15H2,1-2H3,(H,28,32). The smallest absolute Gasteiger partial charge is 0.265 e. The zero-order chi connectivity index (χ0) is 22.9. The number of fused-ring (bicyclic) bond motifs is 3. The summed E-state index contributed by atoms with van der Waals surface area (Å²) in [4.78, 5) is 32.8. The largest absolute Gasteiger partial charge is 0.351 e. The molecule has 0 fully saturated rings. The molecule has 0 aliphatic rings. The van der Waals surface area contributed by atoms with E-state index in [0.717, 1.165) is 23.1 Å². The number of aromatic nitrogens is 2. The van der Waals surface area contributed by atoms with Crippen LogP contribution in [0.3, 0.4) is 0 Å². The Hall–Kier alpha value is -4.03. The lowest BCUT2D eigenvalue weighted by Crippen LogP contribution is -2.32. The van der Waals surface area contributed by atoms with Crippen LogP contribution in [0.25, 0.3) is 38.4 Å². The van der Waals surface area contributed by atoms with Gasteiger partial charge in [-0.25, -0.2) is 4.98 Å². The van der Waals surface area contributed by atoms with Gasteiger partial charge in [0, 0.05) is 19.3 Å². The highest BCUT2D eigenvalue weighted by Gasteiger charge is 2.15. The molecule has 33 heavy (non-hydrogen) atoms. The third-order valence-corrected chi connectivity index (χ3v) is 5.81. The molecule has 0 atom stereocenters. The Kier molecular flexibility index (Phi) is 5.36. The molecule has 0 saturated heterocycles. The van der Waals surface area contributed by atoms with E-state index in [1.165, 1.54) is 9.79 Å². The molecule has 6 nitrogen and oxygen atoms in total. The molecule has 0 aliphatic carbocycles. The van der Waals surface area contributed by atoms with Gasteiger partial charge in [-0.3, -0.25) is 14.0 Å². The second kappa shape index (κ2) is 8.48. The summed E-state index contributed by atoms with van der Waals surface area (Å²) in [6, 6.07) is 23.6. The maximum Gasteiger partial charge on any atom is 0.265 e. The highest BCUT2D eigenvalue weighted by atomic mass is 16.2. The summed E-state index contributed by atoms with van der Waals surface area (Å²) in [5.41, 5.74) is 3.10. The number of rotatable bonds is 5. The van der Waals surface area contributed by atoms with E-state index in [2.05, 4.69) is 40.6 Å². The number of carbonyl (C=O) groups is 1. The predicted octanol–water partition coefficient (Wildman–Crippen LogP) is 3.96. The number of hydrogen-bond acceptors (Lipinski definition) is 4. The van der Waals surface area contributed by atoms with Crippen LogP contribution in [0.4, 0.5) is 0 Å². The minimum absolute atomic E-state index is 0.194. The lowest BCUT2D eigenvalue weighted by atomic mass is 10.00. The SMILES string of the molecule is CN(C)CCNC(=O)c1cccn2c(=O)c3cc(-c4ccc5ccccc5c4)ccc3nc12. The number of benzene rings is 3. The Balaban J connectivity index is 1.59. The van der Waals surface area contributed by atoms with Crippen molar-refractivity contribution in [1.82, 2.24) is 19.6 Å². The third-order valence-electron chi connectivity index (χ3n) is 5.81. The average Bonchev–Trinajstić information content (AvgIpc) is 2.83. The Morgan fingerprint density at radius 1 is 0.939 bits per heavy atom. The molecule has 1 amide bonds. The summed E-state index contributed by atoms with van der Waals surface area (Å²) in [5, 5.41) is 5.74. The van der Waals surface area contributed by atoms with Crippen LogP contribution >= 0.6 is 0 Å². The quantitative estimate of drug-likeness (QED) is 0.424. The van der Waals surface area contributed by atoms with Crippen molar-refractivity contribution >= 4 is 33.2 Å². The van der Waals surface area contributed by atoms with Crippen LogP contribution in [0.1, 0.15) is 10.4 Å². The molecule has 0 aliphatic heterocycles. The molecule has 2 aromatic heterocycles. The van der Waals surface area contributed by atoms with E-state index in [1.807, 2.05) is 49.3 Å². The summed E-state index contributed by atoms with van der Waals surface area (Å²) in [7, 11) is 3.90. The van der Waals surface area contributed by atoms with Crippen molar-refractivity contribution in [2.45, 2.75) is 0 Å². The fraction of sp³-hybridized carbons (Fsp3) is 0.148. The fourth-order valence-corrected chi connectivity index (χ4v) is 4.04. The Morgan fingerprint density at radius 2 is 1.70 bits per heavy atom. The molecule has 0 radical (unpaired) electrons. The number of nitrogens with zero attached hydrogens (tertiary/aromatic N) is 3. The first-order valence-corrected chi connectivity index (χ1v) is 10.9. The van der Waals surface area contributed by atoms with Crippen molar-refractivity contribution in [2.24, 2.45) is 0 Å². The maximum absolute atomic E-state index is 13.3. The van der Waals surface area contributed by atoms with Gasteiger partial charge in [0.25, 0.3) is 11.5 Å². The first-order valence-electron chi connectivity index (χ1n) is 10.9. The molecule has 0 unspecified atom stereocenters. The summed E-state index contributed by atoms with van der Waals surface area (Å²) < 4.78 is 1.45. The monoisotopic (exact) mass is 436 g/mol. The molecule has 2 heterocycles. The van der Waals surface area contributed by atoms with Crippen LogP contribution in [0, 0.1) is 0 Å². The van der Waals surface area contributed by atoms with Gasteiger partial charge < -0.3 is 10.2 Å². The molecule has 1 N–H and O–H groups in total. The Labute approximate surface area is 191 Å². The first-order chi connectivity index (χ1) is 16.0. The molecule has 164 valence electrons. The molecule has 0 spiro atoms. The van der Waals surface area contributed by atoms with Crippen LogP contribution in [0.15, 0.2) is 83.8 Å². The molecule has 0 bridgehead atoms. The normalized spacial score (nSPS) is 11.5. The second-order valence-corrected chi connectivity index (χ2v) is 8.39. The van der Waals surface area contributed by atoms with E-state index in [1.54, 1.807) is 18.3 Å². The second-order valence-electron chi connectivity index (χ2n) is 8.39. The summed E-state index contributed by atoms with van der Waals surface area (Å²) in [5.74, 6) is -0.242. The van der Waals surface area contributed by atoms with Crippen molar-refractivity contribution in [2.75, 3.05) is 27.2 Å². The zero-order valence-corrected chi connectivity index (χ0v) is 18.6. The topological polar surface area (TPSA) is 66.7 Å². The minimum atomic E-state index is -0.242. The van der Waals surface area contributed by atoms with Crippen molar-refractivity contribution in [3.05, 3.63) is 94.9 Å². The van der Waals surface area contributed by atoms with Crippen molar-refractivity contribution in [1.29, 1.82) is 0 Å². The summed E-state index contributed by atoms with van der Waals surface area (Å²) in [6.07, 6.45) is 1.66. The third kappa shape index (κ3) is 3.97. The van der Waals surface area contributed by atoms with Crippen LogP contribution in [-0.4, -0.2) is 47.4 Å². The predicted molar refractivity (Wildman–Crippen MR) is 133 cm³/mol. The van der Waals surface area contributed by atoms with Crippen LogP contribution in [0.2, 0.25) is 0 Å². The van der Waals surface area contributed by atoms with Gasteiger partial charge >= 0.3 is 0 Å². The number of hydrogen-bond donors (Lipinski definition) is 1. The molecule has 5 rings (SSSR count). The van der Waals surface area contributed by atoms with E-state index in [-0.39, 0.29) is 11.5 Å². The van der Waals surface area contributed by atoms with E-state index < -0.39 is 0 Å². The van der Waals surface area contributed by atoms with Crippen molar-refractivity contribution < 1.29 is 4.79 Å². The van der Waals surface area contributed by atoms with Crippen LogP contribution in [0.5, 0.6) is 0 Å². The molecular formula is C27H24N4O2. The van der Waals surface area contributed by atoms with Gasteiger partial charge in [0.05, 0.1) is 16.5 Å². The van der Waals surface area contributed by atoms with Gasteiger partial charge in [0.2, 0.25) is 0 Å². The zero-order valence-electron chi connectivity index (χ0n) is 18.6. The molecule has 3 aromatic carbocycles. The Bertz CT molecular complexity index is 1570. The van der Waals surface area contributed by atoms with Crippen LogP contribution in [-0.2, 0) is 0 Å². The highest BCUT2D eigenvalue weighted by Crippen LogP contribution is 2.26. The highest BCUT2D eigenvalue weighted by molar-refractivity contribution is 6.00. The van der Waals surface area contributed by atoms with E-state index in [9.17, 15) is 9.59 Å². The molecule has 6 heteroatoms. The fourth-order valence-electron chi connectivity index (χ4n) is 4.04. The Morgan fingerprint density at radius 3 is 2.52 bits per heavy atom. The van der Waals surface area contributed by atoms with Crippen molar-refractivity contribution in [3.63, 3.8) is 0 Å². The number of amides is 1. The van der Waals surface area contributed by atoms with Gasteiger partial charge in [-0.2, -0.15) is 0 Å². The maximum atomic E-state index is 13.3.